The van der Waals surface area contributed by atoms with Gasteiger partial charge in [-0.25, -0.2) is 10.2 Å². The van der Waals surface area contributed by atoms with E-state index in [4.69, 9.17) is 5.84 Å². The van der Waals surface area contributed by atoms with Crippen molar-refractivity contribution in [1.82, 2.24) is 10.3 Å². The fraction of sp³-hybridized carbons (Fsp3) is 0.500. The smallest absolute Gasteiger partial charge is 0.159 e. The number of nitrogens with one attached hydrogen (secondary N) is 1. The zero-order valence-electron chi connectivity index (χ0n) is 14.7. The van der Waals surface area contributed by atoms with Gasteiger partial charge < -0.3 is 5.32 Å². The Bertz CT molecular complexity index is 559. The summed E-state index contributed by atoms with van der Waals surface area (Å²) in [5.41, 5.74) is 1.53. The molecule has 1 aliphatic heterocycles. The van der Waals surface area contributed by atoms with Crippen molar-refractivity contribution >= 4 is 5.78 Å². The van der Waals surface area contributed by atoms with Crippen LogP contribution in [0.4, 0.5) is 4.39 Å². The van der Waals surface area contributed by atoms with Crippen LogP contribution >= 0.6 is 0 Å². The number of hydrogen-bond acceptors (Lipinski definition) is 4. The summed E-state index contributed by atoms with van der Waals surface area (Å²) in [6.45, 7) is 9.64. The first-order valence-electron chi connectivity index (χ1n) is 7.90. The van der Waals surface area contributed by atoms with Gasteiger partial charge in [-0.2, -0.15) is 0 Å². The number of nitrogens with zero attached hydrogens (tertiary/aromatic N) is 1. The van der Waals surface area contributed by atoms with Crippen LogP contribution in [0.15, 0.2) is 47.6 Å². The van der Waals surface area contributed by atoms with Crippen LogP contribution in [-0.2, 0) is 4.79 Å². The first kappa shape index (κ1) is 19.2. The van der Waals surface area contributed by atoms with E-state index in [0.29, 0.717) is 24.1 Å². The van der Waals surface area contributed by atoms with Gasteiger partial charge in [-0.05, 0) is 46.6 Å². The molecule has 0 aliphatic carbocycles. The predicted molar refractivity (Wildman–Crippen MR) is 92.8 cm³/mol. The van der Waals surface area contributed by atoms with Crippen molar-refractivity contribution in [3.05, 3.63) is 47.6 Å². The van der Waals surface area contributed by atoms with Gasteiger partial charge in [-0.1, -0.05) is 30.7 Å². The molecule has 4 nitrogen and oxygen atoms in total. The van der Waals surface area contributed by atoms with Crippen molar-refractivity contribution < 1.29 is 9.18 Å². The van der Waals surface area contributed by atoms with E-state index in [1.165, 1.54) is 6.08 Å². The molecule has 0 aromatic heterocycles. The average Bonchev–Trinajstić information content (AvgIpc) is 2.47. The maximum absolute atomic E-state index is 11.9. The number of allylic oxidation sites excluding steroid dienone is 5. The minimum absolute atomic E-state index is 0.0245. The molecule has 0 aromatic rings. The SMILES string of the molecule is CC/C(C(C)=O)=C1/N[C@@H](/C(C)=C/C=C\C=C\F)CC(C)(C)N1N. The summed E-state index contributed by atoms with van der Waals surface area (Å²) >= 11 is 0. The van der Waals surface area contributed by atoms with Crippen molar-refractivity contribution in [2.45, 2.75) is 59.0 Å². The summed E-state index contributed by atoms with van der Waals surface area (Å²) in [6.07, 6.45) is 8.63. The highest BCUT2D eigenvalue weighted by Gasteiger charge is 2.37. The average molecular weight is 321 g/mol. The van der Waals surface area contributed by atoms with Gasteiger partial charge in [0.25, 0.3) is 0 Å². The van der Waals surface area contributed by atoms with E-state index in [9.17, 15) is 9.18 Å². The number of rotatable bonds is 5. The molecule has 0 saturated carbocycles. The molecule has 128 valence electrons. The Labute approximate surface area is 138 Å². The Morgan fingerprint density at radius 3 is 2.57 bits per heavy atom. The Balaban J connectivity index is 3.16. The van der Waals surface area contributed by atoms with E-state index < -0.39 is 0 Å². The minimum atomic E-state index is -0.279. The van der Waals surface area contributed by atoms with Crippen LogP contribution in [0, 0.1) is 0 Å². The van der Waals surface area contributed by atoms with E-state index >= 15 is 0 Å². The molecule has 0 unspecified atom stereocenters. The zero-order chi connectivity index (χ0) is 17.6. The monoisotopic (exact) mass is 321 g/mol. The molecule has 0 radical (unpaired) electrons. The van der Waals surface area contributed by atoms with E-state index in [-0.39, 0.29) is 17.4 Å². The highest BCUT2D eigenvalue weighted by Crippen LogP contribution is 2.31. The Hall–Kier alpha value is -1.88. The molecule has 1 fully saturated rings. The van der Waals surface area contributed by atoms with Crippen molar-refractivity contribution in [2.75, 3.05) is 0 Å². The molecule has 1 aliphatic rings. The van der Waals surface area contributed by atoms with Gasteiger partial charge in [0.05, 0.1) is 17.9 Å². The predicted octanol–water partition coefficient (Wildman–Crippen LogP) is 3.50. The molecule has 5 heteroatoms. The molecule has 0 bridgehead atoms. The summed E-state index contributed by atoms with van der Waals surface area (Å²) in [6, 6.07) is 0.0692. The second kappa shape index (κ2) is 8.11. The molecule has 0 aromatic carbocycles. The van der Waals surface area contributed by atoms with E-state index in [1.54, 1.807) is 24.1 Å². The molecule has 23 heavy (non-hydrogen) atoms. The summed E-state index contributed by atoms with van der Waals surface area (Å²) < 4.78 is 11.9. The lowest BCUT2D eigenvalue weighted by molar-refractivity contribution is -0.114. The molecular weight excluding hydrogens is 293 g/mol. The first-order chi connectivity index (χ1) is 10.7. The van der Waals surface area contributed by atoms with Crippen LogP contribution in [0.3, 0.4) is 0 Å². The van der Waals surface area contributed by atoms with Crippen LogP contribution in [0.5, 0.6) is 0 Å². The number of halogens is 1. The number of hydrogen-bond donors (Lipinski definition) is 2. The number of carbonyl (C=O) groups excluding carboxylic acids is 1. The molecule has 1 atom stereocenters. The van der Waals surface area contributed by atoms with E-state index in [2.05, 4.69) is 19.2 Å². The second-order valence-corrected chi connectivity index (χ2v) is 6.43. The second-order valence-electron chi connectivity index (χ2n) is 6.43. The summed E-state index contributed by atoms with van der Waals surface area (Å²) in [5, 5.41) is 5.06. The van der Waals surface area contributed by atoms with Crippen molar-refractivity contribution in [1.29, 1.82) is 0 Å². The Morgan fingerprint density at radius 1 is 1.39 bits per heavy atom. The molecule has 1 saturated heterocycles. The van der Waals surface area contributed by atoms with Crippen LogP contribution in [0.1, 0.15) is 47.5 Å². The lowest BCUT2D eigenvalue weighted by Crippen LogP contribution is -2.60. The fourth-order valence-corrected chi connectivity index (χ4v) is 2.71. The van der Waals surface area contributed by atoms with Crippen molar-refractivity contribution in [3.8, 4) is 0 Å². The third-order valence-electron chi connectivity index (χ3n) is 4.18. The van der Waals surface area contributed by atoms with Gasteiger partial charge in [-0.3, -0.25) is 9.80 Å². The standard InChI is InChI=1S/C18H28FN3O/c1-6-15(14(3)23)17-21-16(12-18(4,5)22(17)20)13(2)10-8-7-9-11-19/h7-11,16,21H,6,12,20H2,1-5H3/b8-7-,11-9+,13-10+,17-15+/t16-/m1/s1. The van der Waals surface area contributed by atoms with Crippen LogP contribution in [-0.4, -0.2) is 22.4 Å². The van der Waals surface area contributed by atoms with Gasteiger partial charge in [0.1, 0.15) is 5.82 Å². The van der Waals surface area contributed by atoms with Gasteiger partial charge in [-0.15, -0.1) is 0 Å². The summed E-state index contributed by atoms with van der Waals surface area (Å²) in [7, 11) is 0. The topological polar surface area (TPSA) is 58.4 Å². The minimum Gasteiger partial charge on any atom is -0.364 e. The summed E-state index contributed by atoms with van der Waals surface area (Å²) in [4.78, 5) is 11.9. The van der Waals surface area contributed by atoms with E-state index in [0.717, 1.165) is 12.0 Å². The van der Waals surface area contributed by atoms with Gasteiger partial charge in [0.15, 0.2) is 5.78 Å². The highest BCUT2D eigenvalue weighted by molar-refractivity contribution is 5.93. The maximum Gasteiger partial charge on any atom is 0.159 e. The van der Waals surface area contributed by atoms with Crippen molar-refractivity contribution in [3.63, 3.8) is 0 Å². The van der Waals surface area contributed by atoms with Gasteiger partial charge in [0.2, 0.25) is 0 Å². The number of nitrogens with two attached hydrogens (primary N) is 1. The highest BCUT2D eigenvalue weighted by atomic mass is 19.1. The molecular formula is C18H28FN3O. The zero-order valence-corrected chi connectivity index (χ0v) is 14.7. The van der Waals surface area contributed by atoms with Crippen LogP contribution in [0.25, 0.3) is 0 Å². The molecule has 0 spiro atoms. The molecule has 1 rings (SSSR count). The quantitative estimate of drug-likeness (QED) is 0.462. The number of Topliss-reactive ketones (excluding diaryl/α,β-unsaturated/α-hetero) is 1. The number of hydrazine groups is 1. The normalized spacial score (nSPS) is 24.2. The molecule has 1 heterocycles. The third kappa shape index (κ3) is 4.79. The lowest BCUT2D eigenvalue weighted by atomic mass is 9.87. The van der Waals surface area contributed by atoms with Gasteiger partial charge >= 0.3 is 0 Å². The van der Waals surface area contributed by atoms with Crippen LogP contribution in [0.2, 0.25) is 0 Å². The Morgan fingerprint density at radius 2 is 2.04 bits per heavy atom. The lowest BCUT2D eigenvalue weighted by Gasteiger charge is -2.47. The summed E-state index contributed by atoms with van der Waals surface area (Å²) in [5.74, 6) is 6.97. The largest absolute Gasteiger partial charge is 0.364 e. The first-order valence-corrected chi connectivity index (χ1v) is 7.90. The third-order valence-corrected chi connectivity index (χ3v) is 4.18. The van der Waals surface area contributed by atoms with Crippen molar-refractivity contribution in [2.24, 2.45) is 5.84 Å². The molecule has 0 amide bonds. The van der Waals surface area contributed by atoms with E-state index in [1.807, 2.05) is 19.9 Å². The Kier molecular flexibility index (Phi) is 6.76. The number of ketones is 1. The van der Waals surface area contributed by atoms with Gasteiger partial charge in [0, 0.05) is 5.57 Å². The maximum atomic E-state index is 11.9. The fourth-order valence-electron chi connectivity index (χ4n) is 2.71. The number of carbonyl (C=O) groups is 1. The molecule has 3 N–H and O–H groups in total. The van der Waals surface area contributed by atoms with Crippen LogP contribution < -0.4 is 11.2 Å².